The van der Waals surface area contributed by atoms with Gasteiger partial charge in [-0.2, -0.15) is 0 Å². The van der Waals surface area contributed by atoms with Crippen LogP contribution in [0.25, 0.3) is 11.0 Å². The number of aryl methyl sites for hydroxylation is 1. The molecule has 162 valence electrons. The molecule has 0 saturated carbocycles. The highest BCUT2D eigenvalue weighted by molar-refractivity contribution is 5.97. The fourth-order valence-corrected chi connectivity index (χ4v) is 3.89. The van der Waals surface area contributed by atoms with Crippen molar-refractivity contribution in [2.45, 2.75) is 26.4 Å². The first kappa shape index (κ1) is 20.9. The third kappa shape index (κ3) is 4.25. The molecule has 2 aromatic carbocycles. The van der Waals surface area contributed by atoms with Crippen molar-refractivity contribution >= 4 is 22.6 Å². The van der Waals surface area contributed by atoms with Crippen molar-refractivity contribution in [3.05, 3.63) is 74.3 Å². The van der Waals surface area contributed by atoms with E-state index in [2.05, 4.69) is 27.3 Å². The maximum absolute atomic E-state index is 12.8. The first-order valence-electron chi connectivity index (χ1n) is 10.5. The van der Waals surface area contributed by atoms with Gasteiger partial charge in [-0.3, -0.25) is 14.4 Å². The van der Waals surface area contributed by atoms with Gasteiger partial charge in [0.2, 0.25) is 0 Å². The third-order valence-corrected chi connectivity index (χ3v) is 5.67. The standard InChI is InChI=1S/C23H26N4O4/c1-3-27-20-9-6-17(14-19(20)25-22(29)23(27)30)21(28)24-15(2)16-4-7-18(8-5-16)26-10-12-31-13-11-26/h4-9,14-15H,3,10-13H2,1-2H3,(H,24,28)(H,25,29). The third-order valence-electron chi connectivity index (χ3n) is 5.67. The van der Waals surface area contributed by atoms with Gasteiger partial charge in [0.15, 0.2) is 0 Å². The first-order chi connectivity index (χ1) is 15.0. The van der Waals surface area contributed by atoms with Crippen molar-refractivity contribution in [1.82, 2.24) is 14.9 Å². The predicted molar refractivity (Wildman–Crippen MR) is 120 cm³/mol. The van der Waals surface area contributed by atoms with E-state index < -0.39 is 11.1 Å². The minimum atomic E-state index is -0.694. The van der Waals surface area contributed by atoms with Gasteiger partial charge in [-0.25, -0.2) is 0 Å². The molecule has 8 nitrogen and oxygen atoms in total. The van der Waals surface area contributed by atoms with Gasteiger partial charge in [0.05, 0.1) is 30.3 Å². The summed E-state index contributed by atoms with van der Waals surface area (Å²) in [5.74, 6) is -0.248. The minimum Gasteiger partial charge on any atom is -0.378 e. The first-order valence-corrected chi connectivity index (χ1v) is 10.5. The zero-order valence-corrected chi connectivity index (χ0v) is 17.7. The lowest BCUT2D eigenvalue weighted by atomic mass is 10.1. The van der Waals surface area contributed by atoms with E-state index in [1.807, 2.05) is 19.1 Å². The predicted octanol–water partition coefficient (Wildman–Crippen LogP) is 2.04. The fraction of sp³-hybridized carbons (Fsp3) is 0.348. The number of nitrogens with one attached hydrogen (secondary N) is 2. The van der Waals surface area contributed by atoms with Gasteiger partial charge < -0.3 is 24.5 Å². The molecule has 0 radical (unpaired) electrons. The van der Waals surface area contributed by atoms with Crippen molar-refractivity contribution in [3.63, 3.8) is 0 Å². The summed E-state index contributed by atoms with van der Waals surface area (Å²) in [7, 11) is 0. The molecule has 4 rings (SSSR count). The van der Waals surface area contributed by atoms with Crippen LogP contribution in [0, 0.1) is 0 Å². The van der Waals surface area contributed by atoms with Gasteiger partial charge >= 0.3 is 11.1 Å². The molecule has 1 saturated heterocycles. The van der Waals surface area contributed by atoms with Crippen LogP contribution in [-0.4, -0.2) is 41.8 Å². The minimum absolute atomic E-state index is 0.189. The molecule has 1 aromatic heterocycles. The number of amides is 1. The lowest BCUT2D eigenvalue weighted by molar-refractivity contribution is 0.0940. The molecule has 31 heavy (non-hydrogen) atoms. The van der Waals surface area contributed by atoms with Crippen LogP contribution in [-0.2, 0) is 11.3 Å². The molecule has 2 heterocycles. The summed E-state index contributed by atoms with van der Waals surface area (Å²) in [6.07, 6.45) is 0. The normalized spacial score (nSPS) is 15.1. The van der Waals surface area contributed by atoms with E-state index in [-0.39, 0.29) is 11.9 Å². The maximum atomic E-state index is 12.8. The number of anilines is 1. The SMILES string of the molecule is CCn1c(=O)c(=O)[nH]c2cc(C(=O)NC(C)c3ccc(N4CCOCC4)cc3)ccc21. The van der Waals surface area contributed by atoms with Crippen LogP contribution < -0.4 is 21.3 Å². The van der Waals surface area contributed by atoms with Crippen LogP contribution in [0.1, 0.15) is 35.8 Å². The maximum Gasteiger partial charge on any atom is 0.316 e. The topological polar surface area (TPSA) is 96.4 Å². The zero-order valence-electron chi connectivity index (χ0n) is 17.7. The summed E-state index contributed by atoms with van der Waals surface area (Å²) in [6.45, 7) is 7.33. The van der Waals surface area contributed by atoms with Gasteiger partial charge in [-0.1, -0.05) is 12.1 Å². The van der Waals surface area contributed by atoms with Crippen molar-refractivity contribution in [1.29, 1.82) is 0 Å². The number of aromatic amines is 1. The van der Waals surface area contributed by atoms with E-state index >= 15 is 0 Å². The van der Waals surface area contributed by atoms with E-state index in [4.69, 9.17) is 4.74 Å². The van der Waals surface area contributed by atoms with E-state index in [9.17, 15) is 14.4 Å². The Hall–Kier alpha value is -3.39. The van der Waals surface area contributed by atoms with E-state index in [0.29, 0.717) is 23.1 Å². The highest BCUT2D eigenvalue weighted by Crippen LogP contribution is 2.21. The number of benzene rings is 2. The Morgan fingerprint density at radius 1 is 1.13 bits per heavy atom. The van der Waals surface area contributed by atoms with Gasteiger partial charge in [-0.15, -0.1) is 0 Å². The van der Waals surface area contributed by atoms with E-state index in [0.717, 1.165) is 37.6 Å². The second-order valence-electron chi connectivity index (χ2n) is 7.62. The number of carbonyl (C=O) groups excluding carboxylic acids is 1. The van der Waals surface area contributed by atoms with Crippen LogP contribution in [0.15, 0.2) is 52.1 Å². The Morgan fingerprint density at radius 2 is 1.84 bits per heavy atom. The van der Waals surface area contributed by atoms with Gasteiger partial charge in [-0.05, 0) is 49.7 Å². The monoisotopic (exact) mass is 422 g/mol. The number of ether oxygens (including phenoxy) is 1. The van der Waals surface area contributed by atoms with E-state index in [1.54, 1.807) is 25.1 Å². The average molecular weight is 422 g/mol. The molecule has 1 amide bonds. The van der Waals surface area contributed by atoms with Gasteiger partial charge in [0.1, 0.15) is 0 Å². The number of carbonyl (C=O) groups is 1. The summed E-state index contributed by atoms with van der Waals surface area (Å²) in [6, 6.07) is 12.9. The van der Waals surface area contributed by atoms with Crippen LogP contribution in [0.5, 0.6) is 0 Å². The Labute approximate surface area is 179 Å². The van der Waals surface area contributed by atoms with E-state index in [1.165, 1.54) is 4.57 Å². The molecule has 0 spiro atoms. The zero-order chi connectivity index (χ0) is 22.0. The Kier molecular flexibility index (Phi) is 5.90. The molecule has 0 bridgehead atoms. The van der Waals surface area contributed by atoms with Crippen molar-refractivity contribution in [3.8, 4) is 0 Å². The Balaban J connectivity index is 1.51. The highest BCUT2D eigenvalue weighted by atomic mass is 16.5. The second kappa shape index (κ2) is 8.77. The second-order valence-corrected chi connectivity index (χ2v) is 7.62. The summed E-state index contributed by atoms with van der Waals surface area (Å²) in [5, 5.41) is 3.00. The number of fused-ring (bicyclic) bond motifs is 1. The van der Waals surface area contributed by atoms with Gasteiger partial charge in [0.25, 0.3) is 5.91 Å². The molecular formula is C23H26N4O4. The van der Waals surface area contributed by atoms with Crippen molar-refractivity contribution in [2.75, 3.05) is 31.2 Å². The fourth-order valence-electron chi connectivity index (χ4n) is 3.89. The molecule has 1 atom stereocenters. The summed E-state index contributed by atoms with van der Waals surface area (Å²) in [5.41, 5.74) is 2.32. The largest absolute Gasteiger partial charge is 0.378 e. The Bertz CT molecular complexity index is 1210. The van der Waals surface area contributed by atoms with Crippen LogP contribution >= 0.6 is 0 Å². The number of aromatic nitrogens is 2. The number of hydrogen-bond acceptors (Lipinski definition) is 5. The summed E-state index contributed by atoms with van der Waals surface area (Å²) < 4.78 is 6.79. The smallest absolute Gasteiger partial charge is 0.316 e. The van der Waals surface area contributed by atoms with Crippen LogP contribution in [0.3, 0.4) is 0 Å². The number of nitrogens with zero attached hydrogens (tertiary/aromatic N) is 2. The van der Waals surface area contributed by atoms with Crippen molar-refractivity contribution in [2.24, 2.45) is 0 Å². The molecule has 3 aromatic rings. The molecule has 0 aliphatic carbocycles. The number of hydrogen-bond donors (Lipinski definition) is 2. The molecular weight excluding hydrogens is 396 g/mol. The summed E-state index contributed by atoms with van der Waals surface area (Å²) in [4.78, 5) is 41.5. The highest BCUT2D eigenvalue weighted by Gasteiger charge is 2.15. The number of morpholine rings is 1. The molecule has 1 fully saturated rings. The van der Waals surface area contributed by atoms with Crippen LogP contribution in [0.2, 0.25) is 0 Å². The molecule has 1 aliphatic heterocycles. The molecule has 1 aliphatic rings. The lowest BCUT2D eigenvalue weighted by Crippen LogP contribution is -2.36. The Morgan fingerprint density at radius 3 is 2.52 bits per heavy atom. The molecule has 1 unspecified atom stereocenters. The molecule has 8 heteroatoms. The van der Waals surface area contributed by atoms with Gasteiger partial charge in [0, 0.05) is 30.9 Å². The number of rotatable bonds is 5. The molecule has 2 N–H and O–H groups in total. The summed E-state index contributed by atoms with van der Waals surface area (Å²) >= 11 is 0. The van der Waals surface area contributed by atoms with Crippen molar-refractivity contribution < 1.29 is 9.53 Å². The lowest BCUT2D eigenvalue weighted by Gasteiger charge is -2.29. The quantitative estimate of drug-likeness (QED) is 0.614. The van der Waals surface area contributed by atoms with Crippen LogP contribution in [0.4, 0.5) is 5.69 Å². The average Bonchev–Trinajstić information content (AvgIpc) is 2.80. The number of H-pyrrole nitrogens is 1.